The third-order valence-electron chi connectivity index (χ3n) is 3.93. The molecule has 3 rings (SSSR count). The highest BCUT2D eigenvalue weighted by atomic mass is 16.4. The number of carboxylic acid groups (broad SMARTS) is 1. The molecule has 3 aromatic carbocycles. The van der Waals surface area contributed by atoms with Gasteiger partial charge in [0.05, 0.1) is 11.4 Å². The first-order valence-electron chi connectivity index (χ1n) is 7.14. The van der Waals surface area contributed by atoms with Gasteiger partial charge in [-0.15, -0.1) is 0 Å². The van der Waals surface area contributed by atoms with Crippen LogP contribution >= 0.6 is 0 Å². The standard InChI is InChI=1S/C20H16O2/c21-19(22)20(16-10-4-1-5-11-16,17-12-6-2-7-13-17)18-14-8-3-9-15-18/h1-15H,(H,21,22)/p-1. The molecule has 2 nitrogen and oxygen atoms in total. The van der Waals surface area contributed by atoms with Crippen molar-refractivity contribution >= 4 is 5.97 Å². The van der Waals surface area contributed by atoms with Gasteiger partial charge < -0.3 is 9.90 Å². The average molecular weight is 287 g/mol. The molecule has 0 radical (unpaired) electrons. The van der Waals surface area contributed by atoms with Crippen LogP contribution in [0.15, 0.2) is 91.0 Å². The molecule has 0 aliphatic carbocycles. The van der Waals surface area contributed by atoms with Gasteiger partial charge in [-0.2, -0.15) is 0 Å². The maximum atomic E-state index is 12.3. The molecule has 0 atom stereocenters. The Balaban J connectivity index is 2.37. The minimum absolute atomic E-state index is 0.687. The number of aliphatic carboxylic acids is 1. The number of rotatable bonds is 4. The summed E-state index contributed by atoms with van der Waals surface area (Å²) >= 11 is 0. The van der Waals surface area contributed by atoms with Crippen molar-refractivity contribution in [3.05, 3.63) is 108 Å². The van der Waals surface area contributed by atoms with Crippen molar-refractivity contribution in [3.8, 4) is 0 Å². The van der Waals surface area contributed by atoms with Crippen molar-refractivity contribution in [2.24, 2.45) is 0 Å². The third-order valence-corrected chi connectivity index (χ3v) is 3.93. The Morgan fingerprint density at radius 3 is 1.09 bits per heavy atom. The van der Waals surface area contributed by atoms with E-state index in [1.807, 2.05) is 91.0 Å². The molecule has 0 aromatic heterocycles. The second-order valence-corrected chi connectivity index (χ2v) is 5.14. The van der Waals surface area contributed by atoms with Crippen molar-refractivity contribution < 1.29 is 9.90 Å². The number of hydrogen-bond acceptors (Lipinski definition) is 2. The van der Waals surface area contributed by atoms with Crippen LogP contribution in [0.25, 0.3) is 0 Å². The van der Waals surface area contributed by atoms with Gasteiger partial charge in [-0.1, -0.05) is 91.0 Å². The second kappa shape index (κ2) is 5.86. The van der Waals surface area contributed by atoms with Gasteiger partial charge in [0.15, 0.2) is 0 Å². The molecular weight excluding hydrogens is 272 g/mol. The fraction of sp³-hybridized carbons (Fsp3) is 0.0500. The first-order chi connectivity index (χ1) is 10.8. The highest BCUT2D eigenvalue weighted by molar-refractivity contribution is 5.89. The predicted molar refractivity (Wildman–Crippen MR) is 84.2 cm³/mol. The van der Waals surface area contributed by atoms with E-state index >= 15 is 0 Å². The van der Waals surface area contributed by atoms with E-state index in [0.717, 1.165) is 0 Å². The van der Waals surface area contributed by atoms with Gasteiger partial charge in [-0.3, -0.25) is 0 Å². The monoisotopic (exact) mass is 287 g/mol. The summed E-state index contributed by atoms with van der Waals surface area (Å²) in [5.74, 6) is -1.13. The van der Waals surface area contributed by atoms with Crippen LogP contribution in [0.2, 0.25) is 0 Å². The van der Waals surface area contributed by atoms with Gasteiger partial charge in [0.25, 0.3) is 0 Å². The summed E-state index contributed by atoms with van der Waals surface area (Å²) in [6.45, 7) is 0. The molecule has 0 unspecified atom stereocenters. The number of hydrogen-bond donors (Lipinski definition) is 0. The first kappa shape index (κ1) is 14.1. The van der Waals surface area contributed by atoms with Gasteiger partial charge in [0.1, 0.15) is 0 Å². The van der Waals surface area contributed by atoms with Gasteiger partial charge in [0.2, 0.25) is 0 Å². The molecular formula is C20H15O2-. The van der Waals surface area contributed by atoms with Crippen LogP contribution in [0.3, 0.4) is 0 Å². The van der Waals surface area contributed by atoms with Crippen LogP contribution in [0.5, 0.6) is 0 Å². The van der Waals surface area contributed by atoms with Gasteiger partial charge in [-0.25, -0.2) is 0 Å². The lowest BCUT2D eigenvalue weighted by Gasteiger charge is -2.36. The molecule has 0 heterocycles. The smallest absolute Gasteiger partial charge is 0.0847 e. The van der Waals surface area contributed by atoms with Gasteiger partial charge in [-0.05, 0) is 16.7 Å². The molecule has 0 saturated heterocycles. The number of carbonyl (C=O) groups is 1. The van der Waals surface area contributed by atoms with Crippen LogP contribution in [0.1, 0.15) is 16.7 Å². The molecule has 108 valence electrons. The van der Waals surface area contributed by atoms with E-state index in [4.69, 9.17) is 0 Å². The molecule has 0 N–H and O–H groups in total. The Morgan fingerprint density at radius 1 is 0.591 bits per heavy atom. The van der Waals surface area contributed by atoms with E-state index in [9.17, 15) is 9.90 Å². The van der Waals surface area contributed by atoms with Crippen molar-refractivity contribution in [3.63, 3.8) is 0 Å². The lowest BCUT2D eigenvalue weighted by molar-refractivity contribution is -0.310. The number of benzene rings is 3. The second-order valence-electron chi connectivity index (χ2n) is 5.14. The van der Waals surface area contributed by atoms with Crippen molar-refractivity contribution in [2.75, 3.05) is 0 Å². The van der Waals surface area contributed by atoms with Gasteiger partial charge in [0, 0.05) is 0 Å². The van der Waals surface area contributed by atoms with E-state index < -0.39 is 11.4 Å². The van der Waals surface area contributed by atoms with Crippen LogP contribution < -0.4 is 5.11 Å². The van der Waals surface area contributed by atoms with Crippen molar-refractivity contribution in [1.82, 2.24) is 0 Å². The zero-order chi connectivity index (χ0) is 15.4. The first-order valence-corrected chi connectivity index (χ1v) is 7.14. The molecule has 3 aromatic rings. The fourth-order valence-corrected chi connectivity index (χ4v) is 2.92. The number of carbonyl (C=O) groups excluding carboxylic acids is 1. The summed E-state index contributed by atoms with van der Waals surface area (Å²) < 4.78 is 0. The van der Waals surface area contributed by atoms with Crippen molar-refractivity contribution in [1.29, 1.82) is 0 Å². The summed E-state index contributed by atoms with van der Waals surface area (Å²) in [5.41, 5.74) is 0.747. The fourth-order valence-electron chi connectivity index (χ4n) is 2.92. The molecule has 0 spiro atoms. The Labute approximate surface area is 129 Å². The lowest BCUT2D eigenvalue weighted by atomic mass is 9.69. The van der Waals surface area contributed by atoms with Gasteiger partial charge >= 0.3 is 0 Å². The summed E-state index contributed by atoms with van der Waals surface area (Å²) in [6, 6.07) is 27.7. The highest BCUT2D eigenvalue weighted by Crippen LogP contribution is 2.38. The van der Waals surface area contributed by atoms with E-state index in [1.54, 1.807) is 0 Å². The zero-order valence-corrected chi connectivity index (χ0v) is 12.0. The molecule has 22 heavy (non-hydrogen) atoms. The maximum absolute atomic E-state index is 12.3. The topological polar surface area (TPSA) is 40.1 Å². The van der Waals surface area contributed by atoms with Crippen LogP contribution in [0, 0.1) is 0 Å². The third kappa shape index (κ3) is 2.19. The highest BCUT2D eigenvalue weighted by Gasteiger charge is 2.37. The largest absolute Gasteiger partial charge is 0.548 e. The Morgan fingerprint density at radius 2 is 0.864 bits per heavy atom. The normalized spacial score (nSPS) is 11.1. The van der Waals surface area contributed by atoms with E-state index in [-0.39, 0.29) is 0 Å². The SMILES string of the molecule is O=C([O-])C(c1ccccc1)(c1ccccc1)c1ccccc1. The van der Waals surface area contributed by atoms with E-state index in [2.05, 4.69) is 0 Å². The molecule has 0 fully saturated rings. The molecule has 0 amide bonds. The Bertz CT molecular complexity index is 653. The maximum Gasteiger partial charge on any atom is 0.0847 e. The minimum Gasteiger partial charge on any atom is -0.548 e. The summed E-state index contributed by atoms with van der Waals surface area (Å²) in [7, 11) is 0. The quantitative estimate of drug-likeness (QED) is 0.692. The molecule has 0 saturated carbocycles. The van der Waals surface area contributed by atoms with Crippen molar-refractivity contribution in [2.45, 2.75) is 5.41 Å². The van der Waals surface area contributed by atoms with Crippen LogP contribution in [-0.2, 0) is 10.2 Å². The Kier molecular flexibility index (Phi) is 3.75. The summed E-state index contributed by atoms with van der Waals surface area (Å²) in [6.07, 6.45) is 0. The lowest BCUT2D eigenvalue weighted by Crippen LogP contribution is -2.47. The van der Waals surface area contributed by atoms with Crippen LogP contribution in [-0.4, -0.2) is 5.97 Å². The average Bonchev–Trinajstić information content (AvgIpc) is 2.58. The summed E-state index contributed by atoms with van der Waals surface area (Å²) in [5, 5.41) is 12.3. The van der Waals surface area contributed by atoms with E-state index in [1.165, 1.54) is 0 Å². The molecule has 2 heteroatoms. The minimum atomic E-state index is -1.32. The molecule has 0 bridgehead atoms. The predicted octanol–water partition coefficient (Wildman–Crippen LogP) is 2.77. The summed E-state index contributed by atoms with van der Waals surface area (Å²) in [4.78, 5) is 12.3. The molecule has 0 aliphatic heterocycles. The zero-order valence-electron chi connectivity index (χ0n) is 12.0. The number of carboxylic acids is 1. The van der Waals surface area contributed by atoms with Crippen LogP contribution in [0.4, 0.5) is 0 Å². The Hall–Kier alpha value is -2.87. The molecule has 0 aliphatic rings. The van der Waals surface area contributed by atoms with E-state index in [0.29, 0.717) is 16.7 Å².